The molecule has 45 heavy (non-hydrogen) atoms. The van der Waals surface area contributed by atoms with Crippen molar-refractivity contribution >= 4 is 5.78 Å². The van der Waals surface area contributed by atoms with Crippen molar-refractivity contribution in [1.82, 2.24) is 0 Å². The van der Waals surface area contributed by atoms with Gasteiger partial charge in [0.2, 0.25) is 6.29 Å². The number of Topliss-reactive ketones (excluding diaryl/α,β-unsaturated/α-hetero) is 1. The van der Waals surface area contributed by atoms with E-state index in [1.54, 1.807) is 18.2 Å². The van der Waals surface area contributed by atoms with E-state index in [4.69, 9.17) is 37.9 Å². The summed E-state index contributed by atoms with van der Waals surface area (Å²) >= 11 is 0. The maximum Gasteiger partial charge on any atom is 0.229 e. The highest BCUT2D eigenvalue weighted by Crippen LogP contribution is 2.44. The normalized spacial score (nSPS) is 34.8. The number of hydrogen-bond acceptors (Lipinski definition) is 15. The third kappa shape index (κ3) is 6.54. The Labute approximate surface area is 258 Å². The number of carbonyl (C=O) groups is 1. The average molecular weight is 639 g/mol. The van der Waals surface area contributed by atoms with E-state index in [1.807, 2.05) is 0 Å². The molecule has 0 unspecified atom stereocenters. The molecule has 2 saturated heterocycles. The topological polar surface area (TPSA) is 212 Å². The van der Waals surface area contributed by atoms with Crippen LogP contribution in [0.2, 0.25) is 0 Å². The highest BCUT2D eigenvalue weighted by atomic mass is 16.7. The number of methoxy groups -OCH3 is 3. The zero-order valence-corrected chi connectivity index (χ0v) is 25.0. The molecule has 11 atom stereocenters. The fourth-order valence-electron chi connectivity index (χ4n) is 5.49. The number of carbonyl (C=O) groups excluding carboxylic acids is 1. The minimum absolute atomic E-state index is 0.0173. The van der Waals surface area contributed by atoms with Gasteiger partial charge in [-0.2, -0.15) is 0 Å². The van der Waals surface area contributed by atoms with Crippen LogP contribution in [-0.2, 0) is 14.2 Å². The van der Waals surface area contributed by atoms with Crippen molar-refractivity contribution in [3.05, 3.63) is 41.5 Å². The van der Waals surface area contributed by atoms with E-state index in [1.165, 1.54) is 40.4 Å². The van der Waals surface area contributed by atoms with E-state index in [-0.39, 0.29) is 35.0 Å². The largest absolute Gasteiger partial charge is 0.496 e. The van der Waals surface area contributed by atoms with Gasteiger partial charge in [-0.05, 0) is 24.6 Å². The molecule has 0 bridgehead atoms. The van der Waals surface area contributed by atoms with E-state index < -0.39 is 74.1 Å². The molecule has 3 aliphatic rings. The van der Waals surface area contributed by atoms with Gasteiger partial charge < -0.3 is 68.5 Å². The predicted octanol–water partition coefficient (Wildman–Crippen LogP) is -0.551. The molecule has 0 amide bonds. The third-order valence-corrected chi connectivity index (χ3v) is 8.11. The van der Waals surface area contributed by atoms with Gasteiger partial charge in [-0.15, -0.1) is 0 Å². The Hall–Kier alpha value is -3.25. The van der Waals surface area contributed by atoms with Crippen molar-refractivity contribution < 1.29 is 73.3 Å². The van der Waals surface area contributed by atoms with Crippen LogP contribution in [0.4, 0.5) is 0 Å². The van der Waals surface area contributed by atoms with Gasteiger partial charge in [-0.1, -0.05) is 6.07 Å². The maximum absolute atomic E-state index is 13.2. The highest BCUT2D eigenvalue weighted by Gasteiger charge is 2.47. The smallest absolute Gasteiger partial charge is 0.229 e. The van der Waals surface area contributed by atoms with Crippen molar-refractivity contribution in [3.63, 3.8) is 0 Å². The molecular weight excluding hydrogens is 600 g/mol. The monoisotopic (exact) mass is 638 g/mol. The third-order valence-electron chi connectivity index (χ3n) is 8.11. The second-order valence-electron chi connectivity index (χ2n) is 11.0. The number of hydrogen-bond donors (Lipinski definition) is 6. The summed E-state index contributed by atoms with van der Waals surface area (Å²) in [6, 6.07) is 7.98. The fourth-order valence-corrected chi connectivity index (χ4v) is 5.49. The number of fused-ring (bicyclic) bond motifs is 1. The van der Waals surface area contributed by atoms with Crippen molar-refractivity contribution in [2.75, 3.05) is 27.9 Å². The van der Waals surface area contributed by atoms with E-state index >= 15 is 0 Å². The molecule has 0 aromatic heterocycles. The zero-order chi connectivity index (χ0) is 32.6. The lowest BCUT2D eigenvalue weighted by molar-refractivity contribution is -0.318. The molecule has 6 N–H and O–H groups in total. The minimum atomic E-state index is -1.73. The molecule has 15 nitrogen and oxygen atoms in total. The van der Waals surface area contributed by atoms with Crippen molar-refractivity contribution in [1.29, 1.82) is 0 Å². The quantitative estimate of drug-likeness (QED) is 0.203. The summed E-state index contributed by atoms with van der Waals surface area (Å²) in [5, 5.41) is 61.9. The first-order chi connectivity index (χ1) is 21.5. The second-order valence-corrected chi connectivity index (χ2v) is 11.0. The molecule has 0 aliphatic carbocycles. The Balaban J connectivity index is 1.33. The summed E-state index contributed by atoms with van der Waals surface area (Å²) in [5.41, 5.74) is 0.854. The maximum atomic E-state index is 13.2. The van der Waals surface area contributed by atoms with Crippen LogP contribution in [0.15, 0.2) is 30.3 Å². The predicted molar refractivity (Wildman–Crippen MR) is 150 cm³/mol. The summed E-state index contributed by atoms with van der Waals surface area (Å²) in [5.74, 6) is 1.06. The molecule has 0 spiro atoms. The second kappa shape index (κ2) is 13.6. The van der Waals surface area contributed by atoms with Gasteiger partial charge in [0.1, 0.15) is 71.6 Å². The molecule has 3 heterocycles. The van der Waals surface area contributed by atoms with Crippen LogP contribution >= 0.6 is 0 Å². The summed E-state index contributed by atoms with van der Waals surface area (Å²) in [7, 11) is 4.37. The Kier molecular flexibility index (Phi) is 10.0. The van der Waals surface area contributed by atoms with Gasteiger partial charge in [-0.25, -0.2) is 0 Å². The van der Waals surface area contributed by atoms with Gasteiger partial charge in [0, 0.05) is 12.1 Å². The first kappa shape index (κ1) is 33.1. The van der Waals surface area contributed by atoms with Gasteiger partial charge in [-0.3, -0.25) is 4.79 Å². The molecule has 15 heteroatoms. The number of aliphatic hydroxyl groups excluding tert-OH is 6. The minimum Gasteiger partial charge on any atom is -0.496 e. The van der Waals surface area contributed by atoms with Gasteiger partial charge in [0.25, 0.3) is 0 Å². The van der Waals surface area contributed by atoms with Gasteiger partial charge >= 0.3 is 0 Å². The molecule has 5 rings (SSSR count). The first-order valence-corrected chi connectivity index (χ1v) is 14.3. The molecule has 2 aromatic rings. The standard InChI is InChI=1S/C30H38O15/c1-12-23(32)25(34)27(36)29(42-12)41-11-21-24(33)26(35)28(37)30(45-21)43-14-8-19(40-4)22-15(31)10-17(44-20(22)9-14)13-5-6-16(38-2)18(7-13)39-3/h5-9,12,17,21,23-30,32-37H,10-11H2,1-4H3/t12-,17-,21+,23-,24+,25+,26-,27+,28+,29+,30+/m0/s1. The van der Waals surface area contributed by atoms with Crippen molar-refractivity contribution in [3.8, 4) is 28.7 Å². The Bertz CT molecular complexity index is 1350. The summed E-state index contributed by atoms with van der Waals surface area (Å²) in [4.78, 5) is 13.2. The number of ether oxygens (including phenoxy) is 8. The summed E-state index contributed by atoms with van der Waals surface area (Å²) < 4.78 is 44.8. The Morgan fingerprint density at radius 3 is 2.11 bits per heavy atom. The number of aliphatic hydroxyl groups is 6. The number of rotatable bonds is 9. The van der Waals surface area contributed by atoms with Crippen molar-refractivity contribution in [2.24, 2.45) is 0 Å². The summed E-state index contributed by atoms with van der Waals surface area (Å²) in [6.07, 6.45) is -15.3. The Morgan fingerprint density at radius 1 is 0.756 bits per heavy atom. The lowest BCUT2D eigenvalue weighted by Gasteiger charge is -2.42. The van der Waals surface area contributed by atoms with Crippen molar-refractivity contribution in [2.45, 2.75) is 80.9 Å². The molecule has 248 valence electrons. The molecule has 2 aromatic carbocycles. The van der Waals surface area contributed by atoms with E-state index in [0.717, 1.165) is 0 Å². The number of ketones is 1. The van der Waals surface area contributed by atoms with E-state index in [2.05, 4.69) is 0 Å². The molecular formula is C30H38O15. The lowest BCUT2D eigenvalue weighted by atomic mass is 9.95. The number of benzene rings is 2. The molecule has 0 radical (unpaired) electrons. The first-order valence-electron chi connectivity index (χ1n) is 14.3. The lowest BCUT2D eigenvalue weighted by Crippen LogP contribution is -2.61. The van der Waals surface area contributed by atoms with Crippen LogP contribution in [-0.4, -0.2) is 126 Å². The van der Waals surface area contributed by atoms with Crippen LogP contribution < -0.4 is 23.7 Å². The highest BCUT2D eigenvalue weighted by molar-refractivity contribution is 6.02. The molecule has 3 aliphatic heterocycles. The fraction of sp³-hybridized carbons (Fsp3) is 0.567. The van der Waals surface area contributed by atoms with Crippen LogP contribution in [0, 0.1) is 0 Å². The molecule has 0 saturated carbocycles. The van der Waals surface area contributed by atoms with Gasteiger partial charge in [0.15, 0.2) is 23.6 Å². The van der Waals surface area contributed by atoms with Crippen LogP contribution in [0.5, 0.6) is 28.7 Å². The SMILES string of the molecule is COc1ccc([C@@H]2CC(=O)c3c(OC)cc(O[C@@H]4O[C@H](CO[C@@H]5O[C@@H](C)[C@H](O)[C@@H](O)[C@H]5O)[C@@H](O)[C@H](O)[C@H]4O)cc3O2)cc1OC. The Morgan fingerprint density at radius 2 is 1.42 bits per heavy atom. The van der Waals surface area contributed by atoms with Gasteiger partial charge in [0.05, 0.1) is 40.5 Å². The van der Waals surface area contributed by atoms with E-state index in [9.17, 15) is 35.4 Å². The van der Waals surface area contributed by atoms with Crippen LogP contribution in [0.3, 0.4) is 0 Å². The average Bonchev–Trinajstić information content (AvgIpc) is 3.04. The van der Waals surface area contributed by atoms with Crippen LogP contribution in [0.25, 0.3) is 0 Å². The zero-order valence-electron chi connectivity index (χ0n) is 25.0. The molecule has 2 fully saturated rings. The summed E-state index contributed by atoms with van der Waals surface area (Å²) in [6.45, 7) is 1.02. The van der Waals surface area contributed by atoms with Crippen LogP contribution in [0.1, 0.15) is 35.4 Å². The van der Waals surface area contributed by atoms with E-state index in [0.29, 0.717) is 17.1 Å².